The zero-order valence-electron chi connectivity index (χ0n) is 23.8. The molecular weight excluding hydrogens is 526 g/mol. The fourth-order valence-corrected chi connectivity index (χ4v) is 4.68. The van der Waals surface area contributed by atoms with Crippen LogP contribution in [0.3, 0.4) is 0 Å². The van der Waals surface area contributed by atoms with Crippen LogP contribution in [-0.2, 0) is 20.9 Å². The van der Waals surface area contributed by atoms with Crippen LogP contribution in [0.4, 0.5) is 4.79 Å². The Labute approximate surface area is 238 Å². The minimum absolute atomic E-state index is 0.194. The van der Waals surface area contributed by atoms with Crippen LogP contribution in [0, 0.1) is 5.92 Å². The highest BCUT2D eigenvalue weighted by molar-refractivity contribution is 5.99. The van der Waals surface area contributed by atoms with Crippen molar-refractivity contribution in [3.05, 3.63) is 71.1 Å². The molecule has 1 aromatic heterocycles. The molecule has 1 atom stereocenters. The van der Waals surface area contributed by atoms with E-state index in [4.69, 9.17) is 14.2 Å². The van der Waals surface area contributed by atoms with Crippen molar-refractivity contribution in [3.63, 3.8) is 0 Å². The van der Waals surface area contributed by atoms with E-state index in [0.717, 1.165) is 23.0 Å². The molecule has 0 radical (unpaired) electrons. The molecule has 0 fully saturated rings. The number of nitrogens with zero attached hydrogens (tertiary/aromatic N) is 2. The Morgan fingerprint density at radius 1 is 1.17 bits per heavy atom. The predicted octanol–water partition coefficient (Wildman–Crippen LogP) is 4.03. The van der Waals surface area contributed by atoms with Gasteiger partial charge in [-0.2, -0.15) is 5.10 Å². The van der Waals surface area contributed by atoms with Crippen LogP contribution in [0.1, 0.15) is 44.9 Å². The molecule has 11 heteroatoms. The fourth-order valence-electron chi connectivity index (χ4n) is 4.68. The van der Waals surface area contributed by atoms with Gasteiger partial charge in [-0.25, -0.2) is 15.0 Å². The van der Waals surface area contributed by atoms with Gasteiger partial charge in [0.05, 0.1) is 31.5 Å². The Balaban J connectivity index is 1.43. The fraction of sp³-hybridized carbons (Fsp3) is 0.333. The second-order valence-corrected chi connectivity index (χ2v) is 9.93. The summed E-state index contributed by atoms with van der Waals surface area (Å²) in [5, 5.41) is 10.5. The number of ether oxygens (including phenoxy) is 3. The van der Waals surface area contributed by atoms with E-state index in [1.165, 1.54) is 7.11 Å². The summed E-state index contributed by atoms with van der Waals surface area (Å²) in [5.74, 6) is 0.129. The largest absolute Gasteiger partial charge is 0.493 e. The van der Waals surface area contributed by atoms with Crippen molar-refractivity contribution >= 4 is 35.0 Å². The number of esters is 1. The smallest absolute Gasteiger partial charge is 0.338 e. The van der Waals surface area contributed by atoms with Gasteiger partial charge in [-0.05, 0) is 43.5 Å². The predicted molar refractivity (Wildman–Crippen MR) is 155 cm³/mol. The maximum absolute atomic E-state index is 12.6. The number of allylic oxidation sites excluding steroid dienone is 1. The van der Waals surface area contributed by atoms with Gasteiger partial charge >= 0.3 is 12.0 Å². The summed E-state index contributed by atoms with van der Waals surface area (Å²) in [5.41, 5.74) is 5.77. The number of nitrogens with one attached hydrogen (secondary N) is 3. The van der Waals surface area contributed by atoms with Gasteiger partial charge in [-0.1, -0.05) is 38.1 Å². The van der Waals surface area contributed by atoms with Gasteiger partial charge < -0.3 is 29.4 Å². The van der Waals surface area contributed by atoms with E-state index in [2.05, 4.69) is 45.6 Å². The lowest BCUT2D eigenvalue weighted by atomic mass is 9.95. The first-order valence-electron chi connectivity index (χ1n) is 13.4. The van der Waals surface area contributed by atoms with Crippen LogP contribution in [-0.4, -0.2) is 49.0 Å². The molecule has 0 saturated carbocycles. The zero-order valence-corrected chi connectivity index (χ0v) is 23.8. The number of fused-ring (bicyclic) bond motifs is 1. The van der Waals surface area contributed by atoms with Gasteiger partial charge in [0.15, 0.2) is 18.1 Å². The van der Waals surface area contributed by atoms with Crippen LogP contribution in [0.25, 0.3) is 10.9 Å². The third-order valence-electron chi connectivity index (χ3n) is 6.42. The molecule has 4 rings (SSSR count). The van der Waals surface area contributed by atoms with Crippen molar-refractivity contribution < 1.29 is 28.6 Å². The standard InChI is InChI=1S/C30H35N5O6/c1-6-40-29(37)27-19(4)32-30(38)33-28(27)20-11-12-24(25(13-20)39-5)41-17-26(36)34-31-14-21-16-35(15-18(2)3)23-10-8-7-9-22(21)23/h7-14,16,18,28H,6,15,17H2,1-5H3,(H,34,36)(H2,32,33,38)/b31-14-/t28-/m1/s1. The number of carbonyl (C=O) groups is 3. The van der Waals surface area contributed by atoms with Gasteiger partial charge in [0, 0.05) is 34.9 Å². The molecule has 11 nitrogen and oxygen atoms in total. The maximum Gasteiger partial charge on any atom is 0.338 e. The quantitative estimate of drug-likeness (QED) is 0.184. The summed E-state index contributed by atoms with van der Waals surface area (Å²) in [4.78, 5) is 37.2. The lowest BCUT2D eigenvalue weighted by molar-refractivity contribution is -0.139. The number of hydrazone groups is 1. The number of hydrogen-bond donors (Lipinski definition) is 3. The van der Waals surface area contributed by atoms with Gasteiger partial charge in [0.2, 0.25) is 0 Å². The first-order valence-corrected chi connectivity index (χ1v) is 13.4. The number of benzene rings is 2. The molecule has 0 bridgehead atoms. The van der Waals surface area contributed by atoms with Crippen LogP contribution in [0.15, 0.2) is 65.0 Å². The molecule has 0 aliphatic carbocycles. The van der Waals surface area contributed by atoms with Crippen molar-refractivity contribution in [2.45, 2.75) is 40.3 Å². The zero-order chi connectivity index (χ0) is 29.5. The molecule has 3 aromatic rings. The average molecular weight is 562 g/mol. The van der Waals surface area contributed by atoms with Crippen molar-refractivity contribution in [3.8, 4) is 11.5 Å². The number of para-hydroxylation sites is 1. The summed E-state index contributed by atoms with van der Waals surface area (Å²) < 4.78 is 18.5. The number of methoxy groups -OCH3 is 1. The van der Waals surface area contributed by atoms with E-state index in [0.29, 0.717) is 28.7 Å². The van der Waals surface area contributed by atoms with Crippen molar-refractivity contribution in [1.82, 2.24) is 20.6 Å². The number of aromatic nitrogens is 1. The second-order valence-electron chi connectivity index (χ2n) is 9.93. The molecule has 3 N–H and O–H groups in total. The Morgan fingerprint density at radius 2 is 1.95 bits per heavy atom. The summed E-state index contributed by atoms with van der Waals surface area (Å²) in [6.45, 7) is 8.43. The molecule has 0 spiro atoms. The Bertz CT molecular complexity index is 1510. The Morgan fingerprint density at radius 3 is 2.68 bits per heavy atom. The highest BCUT2D eigenvalue weighted by atomic mass is 16.5. The molecule has 2 heterocycles. The third kappa shape index (κ3) is 6.86. The van der Waals surface area contributed by atoms with Gasteiger partial charge in [0.25, 0.3) is 5.91 Å². The van der Waals surface area contributed by atoms with Gasteiger partial charge in [-0.3, -0.25) is 4.79 Å². The highest BCUT2D eigenvalue weighted by Gasteiger charge is 2.32. The average Bonchev–Trinajstić information content (AvgIpc) is 3.28. The van der Waals surface area contributed by atoms with Crippen LogP contribution >= 0.6 is 0 Å². The molecule has 216 valence electrons. The second kappa shape index (κ2) is 13.0. The van der Waals surface area contributed by atoms with Gasteiger partial charge in [0.1, 0.15) is 0 Å². The lowest BCUT2D eigenvalue weighted by Crippen LogP contribution is -2.45. The van der Waals surface area contributed by atoms with Crippen LogP contribution in [0.5, 0.6) is 11.5 Å². The molecule has 2 aromatic carbocycles. The van der Waals surface area contributed by atoms with E-state index in [9.17, 15) is 14.4 Å². The summed E-state index contributed by atoms with van der Waals surface area (Å²) in [6, 6.07) is 11.8. The highest BCUT2D eigenvalue weighted by Crippen LogP contribution is 2.34. The first-order chi connectivity index (χ1) is 19.7. The number of hydrogen-bond acceptors (Lipinski definition) is 7. The normalized spacial score (nSPS) is 15.2. The lowest BCUT2D eigenvalue weighted by Gasteiger charge is -2.28. The SMILES string of the molecule is CCOC(=O)C1=C(C)NC(=O)N[C@@H]1c1ccc(OCC(=O)N/N=C\c2cn(CC(C)C)c3ccccc23)c(OC)c1. The first kappa shape index (κ1) is 29.2. The summed E-state index contributed by atoms with van der Waals surface area (Å²) in [7, 11) is 1.46. The molecule has 1 aliphatic rings. The van der Waals surface area contributed by atoms with Crippen LogP contribution in [0.2, 0.25) is 0 Å². The summed E-state index contributed by atoms with van der Waals surface area (Å²) in [6.07, 6.45) is 3.65. The molecule has 0 unspecified atom stereocenters. The number of urea groups is 1. The van der Waals surface area contributed by atoms with E-state index >= 15 is 0 Å². The van der Waals surface area contributed by atoms with E-state index < -0.39 is 23.9 Å². The molecule has 0 saturated heterocycles. The topological polar surface area (TPSA) is 132 Å². The van der Waals surface area contributed by atoms with Crippen molar-refractivity contribution in [2.75, 3.05) is 20.3 Å². The molecule has 41 heavy (non-hydrogen) atoms. The van der Waals surface area contributed by atoms with E-state index in [-0.39, 0.29) is 18.8 Å². The number of carbonyl (C=O) groups excluding carboxylic acids is 3. The maximum atomic E-state index is 12.6. The van der Waals surface area contributed by atoms with Crippen molar-refractivity contribution in [1.29, 1.82) is 0 Å². The van der Waals surface area contributed by atoms with E-state index in [1.54, 1.807) is 38.3 Å². The summed E-state index contributed by atoms with van der Waals surface area (Å²) >= 11 is 0. The van der Waals surface area contributed by atoms with Crippen LogP contribution < -0.4 is 25.5 Å². The molecule has 3 amide bonds. The molecular formula is C30H35N5O6. The minimum atomic E-state index is -0.755. The molecule has 1 aliphatic heterocycles. The third-order valence-corrected chi connectivity index (χ3v) is 6.42. The number of rotatable bonds is 11. The Kier molecular flexibility index (Phi) is 9.28. The Hall–Kier alpha value is -4.80. The van der Waals surface area contributed by atoms with E-state index in [1.807, 2.05) is 24.4 Å². The monoisotopic (exact) mass is 561 g/mol. The van der Waals surface area contributed by atoms with Crippen molar-refractivity contribution in [2.24, 2.45) is 11.0 Å². The number of amides is 3. The van der Waals surface area contributed by atoms with Gasteiger partial charge in [-0.15, -0.1) is 0 Å². The minimum Gasteiger partial charge on any atom is -0.493 e.